The SMILES string of the molecule is N=C(N)NCCCNC(=O)[C@@H]1CCN1C(=O)[C@H](N)C1CCCCC1. The number of nitrogens with zero attached hydrogens (tertiary/aromatic N) is 1. The van der Waals surface area contributed by atoms with Gasteiger partial charge in [0.25, 0.3) is 0 Å². The van der Waals surface area contributed by atoms with Crippen LogP contribution in [-0.4, -0.2) is 54.4 Å². The highest BCUT2D eigenvalue weighted by molar-refractivity contribution is 5.91. The molecule has 2 fully saturated rings. The number of amides is 2. The highest BCUT2D eigenvalue weighted by Gasteiger charge is 2.40. The summed E-state index contributed by atoms with van der Waals surface area (Å²) < 4.78 is 0. The first kappa shape index (κ1) is 18.5. The quantitative estimate of drug-likeness (QED) is 0.242. The summed E-state index contributed by atoms with van der Waals surface area (Å²) in [7, 11) is 0. The second kappa shape index (κ2) is 8.86. The maximum absolute atomic E-state index is 12.6. The first-order valence-corrected chi connectivity index (χ1v) is 8.92. The van der Waals surface area contributed by atoms with Gasteiger partial charge in [-0.25, -0.2) is 0 Å². The molecule has 0 aromatic rings. The number of likely N-dealkylation sites (tertiary alicyclic amines) is 1. The molecule has 0 unspecified atom stereocenters. The fraction of sp³-hybridized carbons (Fsp3) is 0.812. The van der Waals surface area contributed by atoms with Crippen molar-refractivity contribution in [2.24, 2.45) is 17.4 Å². The minimum Gasteiger partial charge on any atom is -0.370 e. The second-order valence-electron chi connectivity index (χ2n) is 6.75. The molecule has 2 rings (SSSR count). The molecule has 8 nitrogen and oxygen atoms in total. The Hall–Kier alpha value is -1.83. The summed E-state index contributed by atoms with van der Waals surface area (Å²) in [5.74, 6) is -0.0122. The number of guanidine groups is 1. The molecule has 2 amide bonds. The molecule has 8 heteroatoms. The van der Waals surface area contributed by atoms with Crippen LogP contribution < -0.4 is 22.1 Å². The molecule has 1 aliphatic carbocycles. The van der Waals surface area contributed by atoms with Crippen molar-refractivity contribution in [1.82, 2.24) is 15.5 Å². The number of carbonyl (C=O) groups is 2. The van der Waals surface area contributed by atoms with Crippen LogP contribution >= 0.6 is 0 Å². The molecule has 1 saturated heterocycles. The van der Waals surface area contributed by atoms with Crippen molar-refractivity contribution in [1.29, 1.82) is 5.41 Å². The largest absolute Gasteiger partial charge is 0.370 e. The monoisotopic (exact) mass is 338 g/mol. The third-order valence-electron chi connectivity index (χ3n) is 5.02. The van der Waals surface area contributed by atoms with Crippen LogP contribution in [0.1, 0.15) is 44.9 Å². The number of nitrogens with two attached hydrogens (primary N) is 2. The van der Waals surface area contributed by atoms with E-state index in [0.29, 0.717) is 32.5 Å². The second-order valence-corrected chi connectivity index (χ2v) is 6.75. The maximum Gasteiger partial charge on any atom is 0.242 e. The molecule has 2 atom stereocenters. The van der Waals surface area contributed by atoms with Gasteiger partial charge in [0.05, 0.1) is 6.04 Å². The van der Waals surface area contributed by atoms with Crippen molar-refractivity contribution in [2.75, 3.05) is 19.6 Å². The summed E-state index contributed by atoms with van der Waals surface area (Å²) in [6.07, 6.45) is 6.91. The van der Waals surface area contributed by atoms with Gasteiger partial charge < -0.3 is 27.0 Å². The minimum absolute atomic E-state index is 0.0752. The van der Waals surface area contributed by atoms with Gasteiger partial charge in [0.1, 0.15) is 6.04 Å². The van der Waals surface area contributed by atoms with E-state index in [4.69, 9.17) is 16.9 Å². The summed E-state index contributed by atoms with van der Waals surface area (Å²) in [5, 5.41) is 12.6. The van der Waals surface area contributed by atoms with Crippen LogP contribution in [-0.2, 0) is 9.59 Å². The molecule has 1 aliphatic heterocycles. The Morgan fingerprint density at radius 2 is 1.79 bits per heavy atom. The summed E-state index contributed by atoms with van der Waals surface area (Å²) in [6.45, 7) is 1.64. The van der Waals surface area contributed by atoms with Crippen molar-refractivity contribution in [2.45, 2.75) is 57.0 Å². The summed E-state index contributed by atoms with van der Waals surface area (Å²) >= 11 is 0. The van der Waals surface area contributed by atoms with E-state index in [0.717, 1.165) is 25.7 Å². The van der Waals surface area contributed by atoms with Crippen LogP contribution in [0, 0.1) is 11.3 Å². The first-order chi connectivity index (χ1) is 11.5. The van der Waals surface area contributed by atoms with Crippen LogP contribution in [0.2, 0.25) is 0 Å². The van der Waals surface area contributed by atoms with E-state index in [1.54, 1.807) is 4.90 Å². The average molecular weight is 338 g/mol. The summed E-state index contributed by atoms with van der Waals surface area (Å²) in [5.41, 5.74) is 11.4. The molecular weight excluding hydrogens is 308 g/mol. The standard InChI is InChI=1S/C16H30N6O2/c17-13(11-5-2-1-3-6-11)15(24)22-10-7-12(22)14(23)20-8-4-9-21-16(18)19/h11-13H,1-10,17H2,(H,20,23)(H4,18,19,21)/t12-,13+/m0/s1. The van der Waals surface area contributed by atoms with Gasteiger partial charge in [0.2, 0.25) is 11.8 Å². The predicted octanol–water partition coefficient (Wildman–Crippen LogP) is -0.516. The Bertz CT molecular complexity index is 463. The Kier molecular flexibility index (Phi) is 6.84. The van der Waals surface area contributed by atoms with Crippen LogP contribution in [0.15, 0.2) is 0 Å². The topological polar surface area (TPSA) is 137 Å². The lowest BCUT2D eigenvalue weighted by atomic mass is 9.83. The van der Waals surface area contributed by atoms with Crippen molar-refractivity contribution in [3.63, 3.8) is 0 Å². The van der Waals surface area contributed by atoms with Crippen LogP contribution in [0.25, 0.3) is 0 Å². The van der Waals surface area contributed by atoms with E-state index in [9.17, 15) is 9.59 Å². The van der Waals surface area contributed by atoms with E-state index in [1.165, 1.54) is 6.42 Å². The van der Waals surface area contributed by atoms with Gasteiger partial charge >= 0.3 is 0 Å². The summed E-state index contributed by atoms with van der Waals surface area (Å²) in [6, 6.07) is -0.853. The first-order valence-electron chi connectivity index (χ1n) is 8.92. The van der Waals surface area contributed by atoms with E-state index >= 15 is 0 Å². The van der Waals surface area contributed by atoms with Crippen LogP contribution in [0.5, 0.6) is 0 Å². The predicted molar refractivity (Wildman–Crippen MR) is 92.2 cm³/mol. The van der Waals surface area contributed by atoms with E-state index in [2.05, 4.69) is 10.6 Å². The van der Waals surface area contributed by atoms with Crippen molar-refractivity contribution >= 4 is 17.8 Å². The zero-order valence-corrected chi connectivity index (χ0v) is 14.2. The molecule has 0 bridgehead atoms. The van der Waals surface area contributed by atoms with Crippen molar-refractivity contribution in [3.8, 4) is 0 Å². The molecule has 136 valence electrons. The number of carbonyl (C=O) groups excluding carboxylic acids is 2. The van der Waals surface area contributed by atoms with Gasteiger partial charge in [-0.3, -0.25) is 15.0 Å². The molecule has 2 aliphatic rings. The Morgan fingerprint density at radius 3 is 2.38 bits per heavy atom. The molecular formula is C16H30N6O2. The highest BCUT2D eigenvalue weighted by Crippen LogP contribution is 2.28. The smallest absolute Gasteiger partial charge is 0.242 e. The van der Waals surface area contributed by atoms with E-state index in [-0.39, 0.29) is 29.7 Å². The van der Waals surface area contributed by atoms with Gasteiger partial charge in [0, 0.05) is 19.6 Å². The van der Waals surface area contributed by atoms with Gasteiger partial charge in [-0.2, -0.15) is 0 Å². The average Bonchev–Trinajstić information content (AvgIpc) is 2.53. The van der Waals surface area contributed by atoms with Crippen LogP contribution in [0.4, 0.5) is 0 Å². The Labute approximate surface area is 143 Å². The molecule has 1 heterocycles. The van der Waals surface area contributed by atoms with Crippen molar-refractivity contribution < 1.29 is 9.59 Å². The lowest BCUT2D eigenvalue weighted by molar-refractivity contribution is -0.149. The van der Waals surface area contributed by atoms with E-state index in [1.807, 2.05) is 0 Å². The normalized spacial score (nSPS) is 22.4. The number of nitrogens with one attached hydrogen (secondary N) is 3. The maximum atomic E-state index is 12.6. The zero-order chi connectivity index (χ0) is 17.5. The third kappa shape index (κ3) is 4.83. The summed E-state index contributed by atoms with van der Waals surface area (Å²) in [4.78, 5) is 26.4. The van der Waals surface area contributed by atoms with Gasteiger partial charge in [-0.15, -0.1) is 0 Å². The lowest BCUT2D eigenvalue weighted by Gasteiger charge is -2.42. The van der Waals surface area contributed by atoms with Crippen LogP contribution in [0.3, 0.4) is 0 Å². The highest BCUT2D eigenvalue weighted by atomic mass is 16.2. The molecule has 0 aromatic carbocycles. The zero-order valence-electron chi connectivity index (χ0n) is 14.2. The molecule has 0 aromatic heterocycles. The fourth-order valence-electron chi connectivity index (χ4n) is 3.45. The number of hydrogen-bond donors (Lipinski definition) is 5. The molecule has 0 spiro atoms. The van der Waals surface area contributed by atoms with E-state index < -0.39 is 6.04 Å². The fourth-order valence-corrected chi connectivity index (χ4v) is 3.45. The van der Waals surface area contributed by atoms with Gasteiger partial charge in [-0.05, 0) is 31.6 Å². The number of hydrogen-bond acceptors (Lipinski definition) is 4. The Balaban J connectivity index is 1.73. The minimum atomic E-state index is -0.472. The van der Waals surface area contributed by atoms with Gasteiger partial charge in [-0.1, -0.05) is 19.3 Å². The van der Waals surface area contributed by atoms with Gasteiger partial charge in [0.15, 0.2) is 5.96 Å². The Morgan fingerprint density at radius 1 is 1.12 bits per heavy atom. The lowest BCUT2D eigenvalue weighted by Crippen LogP contribution is -2.62. The number of rotatable bonds is 7. The third-order valence-corrected chi connectivity index (χ3v) is 5.02. The molecule has 7 N–H and O–H groups in total. The molecule has 24 heavy (non-hydrogen) atoms. The molecule has 0 radical (unpaired) electrons. The van der Waals surface area contributed by atoms with Crippen molar-refractivity contribution in [3.05, 3.63) is 0 Å². The molecule has 1 saturated carbocycles.